The predicted molar refractivity (Wildman–Crippen MR) is 89.2 cm³/mol. The first-order chi connectivity index (χ1) is 9.95. The van der Waals surface area contributed by atoms with Crippen molar-refractivity contribution in [2.75, 3.05) is 12.4 Å². The van der Waals surface area contributed by atoms with Gasteiger partial charge in [-0.3, -0.25) is 4.79 Å². The van der Waals surface area contributed by atoms with Gasteiger partial charge in [0.25, 0.3) is 5.91 Å². The number of halogens is 1. The largest absolute Gasteiger partial charge is 0.336 e. The maximum Gasteiger partial charge on any atom is 0.254 e. The van der Waals surface area contributed by atoms with Crippen LogP contribution in [0, 0.1) is 0 Å². The van der Waals surface area contributed by atoms with Gasteiger partial charge in [-0.15, -0.1) is 11.6 Å². The number of rotatable bonds is 4. The maximum absolute atomic E-state index is 13.0. The minimum atomic E-state index is -0.0163. The molecule has 1 unspecified atom stereocenters. The zero-order valence-electron chi connectivity index (χ0n) is 13.4. The zero-order chi connectivity index (χ0) is 15.5. The molecule has 0 spiro atoms. The Morgan fingerprint density at radius 2 is 2.05 bits per heavy atom. The fraction of sp³-hybridized carbons (Fsp3) is 0.611. The number of hydrogen-bond acceptors (Lipinski definition) is 1. The molecule has 1 amide bonds. The Morgan fingerprint density at radius 1 is 1.33 bits per heavy atom. The van der Waals surface area contributed by atoms with Gasteiger partial charge in [0.2, 0.25) is 0 Å². The van der Waals surface area contributed by atoms with E-state index < -0.39 is 0 Å². The summed E-state index contributed by atoms with van der Waals surface area (Å²) < 4.78 is 0. The summed E-state index contributed by atoms with van der Waals surface area (Å²) in [5, 5.41) is 0. The van der Waals surface area contributed by atoms with Crippen LogP contribution >= 0.6 is 11.6 Å². The Labute approximate surface area is 133 Å². The molecule has 2 nitrogen and oxygen atoms in total. The first-order valence-corrected chi connectivity index (χ1v) is 8.45. The highest BCUT2D eigenvalue weighted by Gasteiger charge is 2.31. The SMILES string of the molecule is CC(C)(C)c1ccccc1C(=O)N1CCCC1CCCCl. The highest BCUT2D eigenvalue weighted by molar-refractivity contribution is 6.17. The fourth-order valence-corrected chi connectivity index (χ4v) is 3.35. The van der Waals surface area contributed by atoms with Gasteiger partial charge in [-0.05, 0) is 42.7 Å². The standard InChI is InChI=1S/C18H26ClNO/c1-18(2,3)16-11-5-4-10-15(16)17(21)20-13-7-9-14(20)8-6-12-19/h4-5,10-11,14H,6-9,12-13H2,1-3H3. The molecule has 3 heteroatoms. The molecule has 0 aliphatic carbocycles. The number of hydrogen-bond donors (Lipinski definition) is 0. The van der Waals surface area contributed by atoms with Gasteiger partial charge < -0.3 is 4.90 Å². The molecule has 1 fully saturated rings. The molecule has 1 aliphatic rings. The molecule has 116 valence electrons. The molecule has 1 heterocycles. The minimum absolute atomic E-state index is 0.0163. The molecular formula is C18H26ClNO. The van der Waals surface area contributed by atoms with E-state index in [1.165, 1.54) is 0 Å². The van der Waals surface area contributed by atoms with E-state index >= 15 is 0 Å². The molecule has 0 radical (unpaired) electrons. The molecular weight excluding hydrogens is 282 g/mol. The van der Waals surface area contributed by atoms with Crippen molar-refractivity contribution in [3.63, 3.8) is 0 Å². The molecule has 0 saturated carbocycles. The fourth-order valence-electron chi connectivity index (χ4n) is 3.19. The van der Waals surface area contributed by atoms with Crippen molar-refractivity contribution in [1.29, 1.82) is 0 Å². The zero-order valence-corrected chi connectivity index (χ0v) is 14.1. The van der Waals surface area contributed by atoms with Crippen molar-refractivity contribution in [2.24, 2.45) is 0 Å². The summed E-state index contributed by atoms with van der Waals surface area (Å²) in [5.74, 6) is 0.870. The molecule has 0 N–H and O–H groups in total. The van der Waals surface area contributed by atoms with Gasteiger partial charge in [0.1, 0.15) is 0 Å². The minimum Gasteiger partial charge on any atom is -0.336 e. The summed E-state index contributed by atoms with van der Waals surface area (Å²) in [7, 11) is 0. The second-order valence-electron chi connectivity index (χ2n) is 6.92. The summed E-state index contributed by atoms with van der Waals surface area (Å²) in [6, 6.07) is 8.40. The van der Waals surface area contributed by atoms with Crippen molar-refractivity contribution < 1.29 is 4.79 Å². The van der Waals surface area contributed by atoms with Gasteiger partial charge in [-0.25, -0.2) is 0 Å². The third-order valence-corrected chi connectivity index (χ3v) is 4.54. The number of alkyl halides is 1. The number of benzene rings is 1. The summed E-state index contributed by atoms with van der Waals surface area (Å²) in [6.07, 6.45) is 4.22. The Morgan fingerprint density at radius 3 is 2.71 bits per heavy atom. The van der Waals surface area contributed by atoms with Crippen LogP contribution in [0.2, 0.25) is 0 Å². The van der Waals surface area contributed by atoms with Crippen LogP contribution in [0.5, 0.6) is 0 Å². The molecule has 1 saturated heterocycles. The number of nitrogens with zero attached hydrogens (tertiary/aromatic N) is 1. The third kappa shape index (κ3) is 3.79. The molecule has 2 rings (SSSR count). The quantitative estimate of drug-likeness (QED) is 0.744. The van der Waals surface area contributed by atoms with Crippen LogP contribution < -0.4 is 0 Å². The summed E-state index contributed by atoms with van der Waals surface area (Å²) in [4.78, 5) is 15.0. The van der Waals surface area contributed by atoms with Gasteiger partial charge in [0.05, 0.1) is 0 Å². The topological polar surface area (TPSA) is 20.3 Å². The average Bonchev–Trinajstić information content (AvgIpc) is 2.91. The van der Waals surface area contributed by atoms with Gasteiger partial charge in [-0.1, -0.05) is 39.0 Å². The summed E-state index contributed by atoms with van der Waals surface area (Å²) >= 11 is 5.81. The van der Waals surface area contributed by atoms with E-state index in [0.717, 1.165) is 43.4 Å². The molecule has 0 aromatic heterocycles. The van der Waals surface area contributed by atoms with Gasteiger partial charge in [-0.2, -0.15) is 0 Å². The number of likely N-dealkylation sites (tertiary alicyclic amines) is 1. The first kappa shape index (κ1) is 16.4. The van der Waals surface area contributed by atoms with Gasteiger partial charge in [0, 0.05) is 24.0 Å². The van der Waals surface area contributed by atoms with Crippen molar-refractivity contribution in [1.82, 2.24) is 4.90 Å². The lowest BCUT2D eigenvalue weighted by molar-refractivity contribution is 0.0727. The van der Waals surface area contributed by atoms with Crippen LogP contribution in [-0.4, -0.2) is 29.3 Å². The summed E-state index contributed by atoms with van der Waals surface area (Å²) in [6.45, 7) is 7.36. The normalized spacial score (nSPS) is 19.0. The lowest BCUT2D eigenvalue weighted by atomic mass is 9.83. The average molecular weight is 308 g/mol. The lowest BCUT2D eigenvalue weighted by Crippen LogP contribution is -2.36. The monoisotopic (exact) mass is 307 g/mol. The number of carbonyl (C=O) groups is 1. The molecule has 0 bridgehead atoms. The highest BCUT2D eigenvalue weighted by Crippen LogP contribution is 2.29. The van der Waals surface area contributed by atoms with Crippen LogP contribution in [0.4, 0.5) is 0 Å². The van der Waals surface area contributed by atoms with Crippen LogP contribution in [-0.2, 0) is 5.41 Å². The van der Waals surface area contributed by atoms with Crippen molar-refractivity contribution in [3.8, 4) is 0 Å². The van der Waals surface area contributed by atoms with E-state index in [0.29, 0.717) is 11.9 Å². The Balaban J connectivity index is 2.24. The molecule has 1 atom stereocenters. The van der Waals surface area contributed by atoms with E-state index in [1.807, 2.05) is 18.2 Å². The van der Waals surface area contributed by atoms with Crippen LogP contribution in [0.1, 0.15) is 62.4 Å². The smallest absolute Gasteiger partial charge is 0.254 e. The maximum atomic E-state index is 13.0. The Kier molecular flexibility index (Phi) is 5.32. The van der Waals surface area contributed by atoms with Gasteiger partial charge in [0.15, 0.2) is 0 Å². The van der Waals surface area contributed by atoms with E-state index in [9.17, 15) is 4.79 Å². The first-order valence-electron chi connectivity index (χ1n) is 7.91. The van der Waals surface area contributed by atoms with Crippen LogP contribution in [0.25, 0.3) is 0 Å². The van der Waals surface area contributed by atoms with Crippen LogP contribution in [0.3, 0.4) is 0 Å². The van der Waals surface area contributed by atoms with E-state index in [1.54, 1.807) is 0 Å². The Hall–Kier alpha value is -1.02. The van der Waals surface area contributed by atoms with Crippen molar-refractivity contribution >= 4 is 17.5 Å². The second kappa shape index (κ2) is 6.83. The molecule has 1 aromatic carbocycles. The highest BCUT2D eigenvalue weighted by atomic mass is 35.5. The van der Waals surface area contributed by atoms with E-state index in [-0.39, 0.29) is 11.3 Å². The van der Waals surface area contributed by atoms with E-state index in [4.69, 9.17) is 11.6 Å². The van der Waals surface area contributed by atoms with E-state index in [2.05, 4.69) is 31.7 Å². The number of carbonyl (C=O) groups excluding carboxylic acids is 1. The van der Waals surface area contributed by atoms with Crippen molar-refractivity contribution in [3.05, 3.63) is 35.4 Å². The third-order valence-electron chi connectivity index (χ3n) is 4.27. The molecule has 1 aromatic rings. The Bertz CT molecular complexity index is 492. The summed E-state index contributed by atoms with van der Waals surface area (Å²) in [5.41, 5.74) is 1.98. The lowest BCUT2D eigenvalue weighted by Gasteiger charge is -2.28. The molecule has 21 heavy (non-hydrogen) atoms. The number of amides is 1. The predicted octanol–water partition coefficient (Wildman–Crippen LogP) is 4.61. The van der Waals surface area contributed by atoms with Crippen LogP contribution in [0.15, 0.2) is 24.3 Å². The van der Waals surface area contributed by atoms with Gasteiger partial charge >= 0.3 is 0 Å². The van der Waals surface area contributed by atoms with Crippen molar-refractivity contribution in [2.45, 2.75) is 57.9 Å². The molecule has 1 aliphatic heterocycles. The second-order valence-corrected chi connectivity index (χ2v) is 7.30.